The van der Waals surface area contributed by atoms with E-state index >= 15 is 0 Å². The normalized spacial score (nSPS) is 14.2. The molecule has 0 atom stereocenters. The van der Waals surface area contributed by atoms with Crippen LogP contribution in [0.15, 0.2) is 85.1 Å². The van der Waals surface area contributed by atoms with E-state index in [0.29, 0.717) is 17.1 Å². The van der Waals surface area contributed by atoms with E-state index in [9.17, 15) is 4.79 Å². The molecule has 1 aliphatic heterocycles. The molecule has 5 rings (SSSR count). The van der Waals surface area contributed by atoms with Gasteiger partial charge in [-0.15, -0.1) is 0 Å². The summed E-state index contributed by atoms with van der Waals surface area (Å²) < 4.78 is 13.9. The van der Waals surface area contributed by atoms with Gasteiger partial charge in [-0.05, 0) is 61.9 Å². The van der Waals surface area contributed by atoms with Gasteiger partial charge in [0, 0.05) is 29.2 Å². The van der Waals surface area contributed by atoms with Gasteiger partial charge in [-0.3, -0.25) is 4.79 Å². The van der Waals surface area contributed by atoms with Gasteiger partial charge >= 0.3 is 0 Å². The van der Waals surface area contributed by atoms with Crippen LogP contribution in [0.25, 0.3) is 23.1 Å². The second kappa shape index (κ2) is 8.71. The Balaban J connectivity index is 1.49. The zero-order chi connectivity index (χ0) is 23.7. The standard InChI is InChI=1S/C30H27NO3/c1-30(2)18-17-25-28(33-3)16-14-24(29(25)34-30)27(32)15-13-22-20-31(19-21-9-5-4-6-10-21)26-12-8-7-11-23(22)26/h4-18,20H,19H2,1-3H3/b15-13+. The Labute approximate surface area is 199 Å². The third-order valence-electron chi connectivity index (χ3n) is 6.09. The Bertz CT molecular complexity index is 1420. The monoisotopic (exact) mass is 449 g/mol. The lowest BCUT2D eigenvalue weighted by molar-refractivity contribution is 0.103. The molecule has 4 nitrogen and oxygen atoms in total. The largest absolute Gasteiger partial charge is 0.496 e. The molecule has 1 aromatic heterocycles. The van der Waals surface area contributed by atoms with Crippen LogP contribution in [-0.2, 0) is 6.54 Å². The van der Waals surface area contributed by atoms with Crippen LogP contribution in [-0.4, -0.2) is 23.1 Å². The Kier molecular flexibility index (Phi) is 5.58. The number of hydrogen-bond acceptors (Lipinski definition) is 3. The van der Waals surface area contributed by atoms with Gasteiger partial charge in [0.1, 0.15) is 17.1 Å². The van der Waals surface area contributed by atoms with E-state index in [0.717, 1.165) is 28.6 Å². The molecule has 0 unspecified atom stereocenters. The quantitative estimate of drug-likeness (QED) is 0.241. The van der Waals surface area contributed by atoms with Crippen molar-refractivity contribution in [2.45, 2.75) is 26.0 Å². The topological polar surface area (TPSA) is 40.5 Å². The number of fused-ring (bicyclic) bond motifs is 2. The lowest BCUT2D eigenvalue weighted by Gasteiger charge is -2.29. The van der Waals surface area contributed by atoms with Crippen LogP contribution >= 0.6 is 0 Å². The van der Waals surface area contributed by atoms with Crippen molar-refractivity contribution in [3.63, 3.8) is 0 Å². The van der Waals surface area contributed by atoms with E-state index in [1.165, 1.54) is 5.56 Å². The number of ether oxygens (including phenoxy) is 2. The molecule has 0 spiro atoms. The van der Waals surface area contributed by atoms with Crippen molar-refractivity contribution in [3.05, 3.63) is 107 Å². The summed E-state index contributed by atoms with van der Waals surface area (Å²) in [6.45, 7) is 4.71. The molecular formula is C30H27NO3. The number of rotatable bonds is 6. The molecular weight excluding hydrogens is 422 g/mol. The predicted octanol–water partition coefficient (Wildman–Crippen LogP) is 6.78. The first-order valence-electron chi connectivity index (χ1n) is 11.4. The van der Waals surface area contributed by atoms with E-state index in [4.69, 9.17) is 9.47 Å². The first-order chi connectivity index (χ1) is 16.4. The van der Waals surface area contributed by atoms with Crippen LogP contribution in [0.5, 0.6) is 11.5 Å². The maximum atomic E-state index is 13.3. The maximum absolute atomic E-state index is 13.3. The minimum absolute atomic E-state index is 0.107. The molecule has 4 heteroatoms. The summed E-state index contributed by atoms with van der Waals surface area (Å²) in [7, 11) is 1.62. The SMILES string of the molecule is COc1ccc(C(=O)/C=C/c2cn(Cc3ccccc3)c3ccccc23)c2c1C=CC(C)(C)O2. The molecule has 2 heterocycles. The number of aromatic nitrogens is 1. The Hall–Kier alpha value is -4.05. The number of hydrogen-bond donors (Lipinski definition) is 0. The Morgan fingerprint density at radius 3 is 2.59 bits per heavy atom. The Morgan fingerprint density at radius 1 is 1.03 bits per heavy atom. The molecule has 4 aromatic rings. The maximum Gasteiger partial charge on any atom is 0.189 e. The van der Waals surface area contributed by atoms with E-state index in [-0.39, 0.29) is 5.78 Å². The van der Waals surface area contributed by atoms with E-state index in [1.54, 1.807) is 19.3 Å². The summed E-state index contributed by atoms with van der Waals surface area (Å²) in [5.41, 5.74) is 4.19. The average molecular weight is 450 g/mol. The van der Waals surface area contributed by atoms with E-state index in [1.807, 2.05) is 56.3 Å². The summed E-state index contributed by atoms with van der Waals surface area (Å²) in [6, 6.07) is 22.2. The van der Waals surface area contributed by atoms with E-state index in [2.05, 4.69) is 47.2 Å². The van der Waals surface area contributed by atoms with Crippen LogP contribution in [0, 0.1) is 0 Å². The van der Waals surface area contributed by atoms with Gasteiger partial charge in [0.25, 0.3) is 0 Å². The van der Waals surface area contributed by atoms with Crippen molar-refractivity contribution in [1.29, 1.82) is 0 Å². The van der Waals surface area contributed by atoms with Gasteiger partial charge in [-0.1, -0.05) is 48.5 Å². The molecule has 0 saturated carbocycles. The van der Waals surface area contributed by atoms with Gasteiger partial charge in [-0.25, -0.2) is 0 Å². The summed E-state index contributed by atoms with van der Waals surface area (Å²) in [4.78, 5) is 13.3. The molecule has 1 aliphatic rings. The zero-order valence-corrected chi connectivity index (χ0v) is 19.6. The van der Waals surface area contributed by atoms with Crippen molar-refractivity contribution < 1.29 is 14.3 Å². The summed E-state index contributed by atoms with van der Waals surface area (Å²) in [6.07, 6.45) is 9.57. The zero-order valence-electron chi connectivity index (χ0n) is 19.6. The Morgan fingerprint density at radius 2 is 1.79 bits per heavy atom. The number of methoxy groups -OCH3 is 1. The van der Waals surface area contributed by atoms with Crippen molar-refractivity contribution in [1.82, 2.24) is 4.57 Å². The molecule has 0 bridgehead atoms. The van der Waals surface area contributed by atoms with Crippen molar-refractivity contribution in [2.75, 3.05) is 7.11 Å². The van der Waals surface area contributed by atoms with Crippen molar-refractivity contribution in [2.24, 2.45) is 0 Å². The molecule has 0 N–H and O–H groups in total. The smallest absolute Gasteiger partial charge is 0.189 e. The molecule has 0 saturated heterocycles. The van der Waals surface area contributed by atoms with Gasteiger partial charge in [0.15, 0.2) is 5.78 Å². The minimum atomic E-state index is -0.497. The fraction of sp³-hybridized carbons (Fsp3) is 0.167. The third kappa shape index (κ3) is 4.15. The van der Waals surface area contributed by atoms with Gasteiger partial charge < -0.3 is 14.0 Å². The van der Waals surface area contributed by atoms with Crippen molar-refractivity contribution >= 4 is 28.8 Å². The molecule has 170 valence electrons. The highest BCUT2D eigenvalue weighted by Crippen LogP contribution is 2.40. The lowest BCUT2D eigenvalue weighted by atomic mass is 9.97. The van der Waals surface area contributed by atoms with Crippen LogP contribution in [0.4, 0.5) is 0 Å². The average Bonchev–Trinajstić information content (AvgIpc) is 3.19. The minimum Gasteiger partial charge on any atom is -0.496 e. The summed E-state index contributed by atoms with van der Waals surface area (Å²) in [5, 5.41) is 1.11. The highest BCUT2D eigenvalue weighted by molar-refractivity contribution is 6.10. The molecule has 3 aromatic carbocycles. The molecule has 0 aliphatic carbocycles. The van der Waals surface area contributed by atoms with E-state index < -0.39 is 5.60 Å². The number of para-hydroxylation sites is 1. The highest BCUT2D eigenvalue weighted by atomic mass is 16.5. The summed E-state index contributed by atoms with van der Waals surface area (Å²) in [5.74, 6) is 1.14. The number of carbonyl (C=O) groups is 1. The van der Waals surface area contributed by atoms with Crippen LogP contribution < -0.4 is 9.47 Å². The van der Waals surface area contributed by atoms with Crippen LogP contribution in [0.2, 0.25) is 0 Å². The van der Waals surface area contributed by atoms with Crippen LogP contribution in [0.1, 0.15) is 40.9 Å². The summed E-state index contributed by atoms with van der Waals surface area (Å²) >= 11 is 0. The van der Waals surface area contributed by atoms with Crippen molar-refractivity contribution in [3.8, 4) is 11.5 Å². The first-order valence-corrected chi connectivity index (χ1v) is 11.4. The number of allylic oxidation sites excluding steroid dienone is 1. The number of ketones is 1. The number of nitrogens with zero attached hydrogens (tertiary/aromatic N) is 1. The molecule has 34 heavy (non-hydrogen) atoms. The number of carbonyl (C=O) groups excluding carboxylic acids is 1. The lowest BCUT2D eigenvalue weighted by Crippen LogP contribution is -2.28. The number of benzene rings is 3. The van der Waals surface area contributed by atoms with Gasteiger partial charge in [-0.2, -0.15) is 0 Å². The van der Waals surface area contributed by atoms with Gasteiger partial charge in [0.05, 0.1) is 18.2 Å². The molecule has 0 radical (unpaired) electrons. The molecule has 0 amide bonds. The molecule has 0 fully saturated rings. The van der Waals surface area contributed by atoms with Crippen LogP contribution in [0.3, 0.4) is 0 Å². The third-order valence-corrected chi connectivity index (χ3v) is 6.09. The second-order valence-corrected chi connectivity index (χ2v) is 9.01. The predicted molar refractivity (Wildman–Crippen MR) is 138 cm³/mol. The highest BCUT2D eigenvalue weighted by Gasteiger charge is 2.27. The first kappa shape index (κ1) is 21.8. The fourth-order valence-corrected chi connectivity index (χ4v) is 4.38. The fourth-order valence-electron chi connectivity index (χ4n) is 4.38. The second-order valence-electron chi connectivity index (χ2n) is 9.01. The van der Waals surface area contributed by atoms with Gasteiger partial charge in [0.2, 0.25) is 0 Å².